The first-order valence-corrected chi connectivity index (χ1v) is 11.8. The van der Waals surface area contributed by atoms with Crippen LogP contribution < -0.4 is 0 Å². The zero-order valence-corrected chi connectivity index (χ0v) is 17.6. The van der Waals surface area contributed by atoms with Crippen LogP contribution in [0.5, 0.6) is 5.75 Å². The number of piperazine rings is 1. The van der Waals surface area contributed by atoms with Gasteiger partial charge in [-0.3, -0.25) is 9.59 Å². The van der Waals surface area contributed by atoms with Gasteiger partial charge in [-0.05, 0) is 31.4 Å². The minimum Gasteiger partial charge on any atom is -0.507 e. The highest BCUT2D eigenvalue weighted by Gasteiger charge is 2.35. The van der Waals surface area contributed by atoms with E-state index in [2.05, 4.69) is 0 Å². The Balaban J connectivity index is 1.57. The number of carbonyl (C=O) groups is 2. The summed E-state index contributed by atoms with van der Waals surface area (Å²) < 4.78 is 26.2. The van der Waals surface area contributed by atoms with Crippen LogP contribution in [0.25, 0.3) is 0 Å². The summed E-state index contributed by atoms with van der Waals surface area (Å²) in [6.07, 6.45) is 1.93. The number of hydrogen-bond donors (Lipinski definition) is 1. The van der Waals surface area contributed by atoms with Gasteiger partial charge in [0, 0.05) is 39.3 Å². The lowest BCUT2D eigenvalue weighted by Gasteiger charge is -2.38. The van der Waals surface area contributed by atoms with Crippen LogP contribution in [0.4, 0.5) is 0 Å². The molecule has 1 N–H and O–H groups in total. The number of nitrogens with zero attached hydrogens (tertiary/aromatic N) is 3. The van der Waals surface area contributed by atoms with E-state index in [9.17, 15) is 23.1 Å². The summed E-state index contributed by atoms with van der Waals surface area (Å²) in [4.78, 5) is 28.9. The summed E-state index contributed by atoms with van der Waals surface area (Å²) in [5, 5.41) is 9.88. The normalized spacial score (nSPS) is 21.2. The second kappa shape index (κ2) is 9.13. The van der Waals surface area contributed by atoms with Crippen molar-refractivity contribution in [1.82, 2.24) is 14.1 Å². The standard InChI is InChI=1S/C20H29N3O5S/c1-2-14-29(27,28)23-9-5-6-16(15-23)19(25)21-10-12-22(13-11-21)20(26)17-7-3-4-8-18(17)24/h3-4,7-8,16,24H,2,5-6,9-15H2,1H3. The maximum atomic E-state index is 12.9. The van der Waals surface area contributed by atoms with E-state index in [4.69, 9.17) is 0 Å². The Hall–Kier alpha value is -2.13. The SMILES string of the molecule is CCCS(=O)(=O)N1CCCC(C(=O)N2CCN(C(=O)c3ccccc3O)CC2)C1. The van der Waals surface area contributed by atoms with Crippen molar-refractivity contribution in [2.24, 2.45) is 5.92 Å². The van der Waals surface area contributed by atoms with Gasteiger partial charge in [0.05, 0.1) is 17.2 Å². The van der Waals surface area contributed by atoms with Gasteiger partial charge in [0.15, 0.2) is 0 Å². The van der Waals surface area contributed by atoms with Crippen LogP contribution in [-0.2, 0) is 14.8 Å². The first-order chi connectivity index (χ1) is 13.8. The highest BCUT2D eigenvalue weighted by atomic mass is 32.2. The molecular weight excluding hydrogens is 394 g/mol. The van der Waals surface area contributed by atoms with Crippen LogP contribution in [-0.4, -0.2) is 84.5 Å². The lowest BCUT2D eigenvalue weighted by atomic mass is 9.97. The minimum absolute atomic E-state index is 0.0314. The minimum atomic E-state index is -3.30. The molecule has 2 amide bonds. The van der Waals surface area contributed by atoms with Crippen LogP contribution in [0.2, 0.25) is 0 Å². The number of carbonyl (C=O) groups excluding carboxylic acids is 2. The van der Waals surface area contributed by atoms with Gasteiger partial charge in [0.2, 0.25) is 15.9 Å². The molecule has 0 spiro atoms. The fourth-order valence-corrected chi connectivity index (χ4v) is 5.59. The van der Waals surface area contributed by atoms with Crippen molar-refractivity contribution >= 4 is 21.8 Å². The second-order valence-corrected chi connectivity index (χ2v) is 9.74. The number of phenolic OH excluding ortho intramolecular Hbond substituents is 1. The van der Waals surface area contributed by atoms with Gasteiger partial charge in [0.1, 0.15) is 5.75 Å². The van der Waals surface area contributed by atoms with E-state index in [1.807, 2.05) is 6.92 Å². The lowest BCUT2D eigenvalue weighted by Crippen LogP contribution is -2.54. The molecule has 2 saturated heterocycles. The third-order valence-electron chi connectivity index (χ3n) is 5.60. The fraction of sp³-hybridized carbons (Fsp3) is 0.600. The molecule has 0 radical (unpaired) electrons. The molecule has 160 valence electrons. The Morgan fingerprint density at radius 2 is 1.72 bits per heavy atom. The average molecular weight is 424 g/mol. The van der Waals surface area contributed by atoms with Crippen molar-refractivity contribution in [2.45, 2.75) is 26.2 Å². The highest BCUT2D eigenvalue weighted by molar-refractivity contribution is 7.89. The number of para-hydroxylation sites is 1. The Kier molecular flexibility index (Phi) is 6.79. The quantitative estimate of drug-likeness (QED) is 0.766. The molecule has 29 heavy (non-hydrogen) atoms. The van der Waals surface area contributed by atoms with Gasteiger partial charge in [-0.15, -0.1) is 0 Å². The Labute approximate surface area is 172 Å². The number of phenols is 1. The number of hydrogen-bond acceptors (Lipinski definition) is 5. The predicted octanol–water partition coefficient (Wildman–Crippen LogP) is 1.13. The first kappa shape index (κ1) is 21.6. The summed E-state index contributed by atoms with van der Waals surface area (Å²) in [5.41, 5.74) is 0.260. The van der Waals surface area contributed by atoms with E-state index in [-0.39, 0.29) is 41.3 Å². The van der Waals surface area contributed by atoms with Crippen molar-refractivity contribution in [3.05, 3.63) is 29.8 Å². The summed E-state index contributed by atoms with van der Waals surface area (Å²) in [5.74, 6) is -0.538. The largest absolute Gasteiger partial charge is 0.507 e. The predicted molar refractivity (Wildman–Crippen MR) is 109 cm³/mol. The molecule has 9 heteroatoms. The summed E-state index contributed by atoms with van der Waals surface area (Å²) in [6, 6.07) is 6.43. The number of aromatic hydroxyl groups is 1. The zero-order valence-electron chi connectivity index (χ0n) is 16.8. The van der Waals surface area contributed by atoms with Gasteiger partial charge in [-0.2, -0.15) is 0 Å². The van der Waals surface area contributed by atoms with Crippen molar-refractivity contribution < 1.29 is 23.1 Å². The van der Waals surface area contributed by atoms with E-state index < -0.39 is 10.0 Å². The maximum Gasteiger partial charge on any atom is 0.257 e. The van der Waals surface area contributed by atoms with Crippen molar-refractivity contribution in [3.63, 3.8) is 0 Å². The molecule has 2 heterocycles. The average Bonchev–Trinajstić information content (AvgIpc) is 2.73. The molecule has 2 aliphatic heterocycles. The summed E-state index contributed by atoms with van der Waals surface area (Å²) in [7, 11) is -3.30. The number of piperidine rings is 1. The number of rotatable bonds is 5. The Morgan fingerprint density at radius 3 is 2.38 bits per heavy atom. The zero-order chi connectivity index (χ0) is 21.0. The van der Waals surface area contributed by atoms with Crippen molar-refractivity contribution in [3.8, 4) is 5.75 Å². The van der Waals surface area contributed by atoms with Crippen LogP contribution in [0.3, 0.4) is 0 Å². The maximum absolute atomic E-state index is 12.9. The highest BCUT2D eigenvalue weighted by Crippen LogP contribution is 2.23. The van der Waals surface area contributed by atoms with Crippen molar-refractivity contribution in [1.29, 1.82) is 0 Å². The summed E-state index contributed by atoms with van der Waals surface area (Å²) >= 11 is 0. The molecule has 1 aromatic carbocycles. The van der Waals surface area contributed by atoms with E-state index >= 15 is 0 Å². The van der Waals surface area contributed by atoms with Gasteiger partial charge in [0.25, 0.3) is 5.91 Å². The molecule has 0 bridgehead atoms. The fourth-order valence-electron chi connectivity index (χ4n) is 4.00. The molecule has 0 aliphatic carbocycles. The topological polar surface area (TPSA) is 98.2 Å². The van der Waals surface area contributed by atoms with Crippen LogP contribution in [0.1, 0.15) is 36.5 Å². The van der Waals surface area contributed by atoms with E-state index in [0.29, 0.717) is 52.0 Å². The number of amides is 2. The Bertz CT molecular complexity index is 849. The molecular formula is C20H29N3O5S. The molecule has 1 aromatic rings. The third-order valence-corrected chi connectivity index (χ3v) is 7.64. The smallest absolute Gasteiger partial charge is 0.257 e. The van der Waals surface area contributed by atoms with Crippen LogP contribution >= 0.6 is 0 Å². The summed E-state index contributed by atoms with van der Waals surface area (Å²) in [6.45, 7) is 4.17. The van der Waals surface area contributed by atoms with Gasteiger partial charge in [-0.25, -0.2) is 12.7 Å². The molecule has 1 atom stereocenters. The van der Waals surface area contributed by atoms with E-state index in [1.165, 1.54) is 10.4 Å². The molecule has 2 fully saturated rings. The first-order valence-electron chi connectivity index (χ1n) is 10.2. The Morgan fingerprint density at radius 1 is 1.07 bits per heavy atom. The molecule has 0 aromatic heterocycles. The molecule has 0 saturated carbocycles. The monoisotopic (exact) mass is 423 g/mol. The van der Waals surface area contributed by atoms with Gasteiger partial charge >= 0.3 is 0 Å². The van der Waals surface area contributed by atoms with Gasteiger partial charge in [-0.1, -0.05) is 19.1 Å². The van der Waals surface area contributed by atoms with E-state index in [0.717, 1.165) is 0 Å². The molecule has 3 rings (SSSR count). The number of sulfonamides is 1. The van der Waals surface area contributed by atoms with Crippen molar-refractivity contribution in [2.75, 3.05) is 45.0 Å². The van der Waals surface area contributed by atoms with E-state index in [1.54, 1.807) is 28.0 Å². The number of benzene rings is 1. The molecule has 8 nitrogen and oxygen atoms in total. The van der Waals surface area contributed by atoms with Gasteiger partial charge < -0.3 is 14.9 Å². The third kappa shape index (κ3) is 4.90. The molecule has 1 unspecified atom stereocenters. The lowest BCUT2D eigenvalue weighted by molar-refractivity contribution is -0.138. The van der Waals surface area contributed by atoms with Crippen LogP contribution in [0, 0.1) is 5.92 Å². The van der Waals surface area contributed by atoms with Crippen LogP contribution in [0.15, 0.2) is 24.3 Å². The molecule has 2 aliphatic rings. The second-order valence-electron chi connectivity index (χ2n) is 7.65.